The van der Waals surface area contributed by atoms with E-state index < -0.39 is 5.97 Å². The predicted molar refractivity (Wildman–Crippen MR) is 132 cm³/mol. The van der Waals surface area contributed by atoms with E-state index in [0.717, 1.165) is 36.1 Å². The van der Waals surface area contributed by atoms with Crippen LogP contribution in [0.15, 0.2) is 48.5 Å². The number of thiophene rings is 1. The van der Waals surface area contributed by atoms with Crippen LogP contribution in [-0.4, -0.2) is 31.5 Å². The molecule has 1 aliphatic rings. The number of esters is 1. The Labute approximate surface area is 201 Å². The maximum Gasteiger partial charge on any atom is 0.341 e. The number of hydrogen-bond acceptors (Lipinski definition) is 7. The quantitative estimate of drug-likeness (QED) is 0.344. The Morgan fingerprint density at radius 3 is 2.56 bits per heavy atom. The van der Waals surface area contributed by atoms with Crippen LogP contribution in [-0.2, 0) is 22.4 Å². The third-order valence-electron chi connectivity index (χ3n) is 5.45. The van der Waals surface area contributed by atoms with Gasteiger partial charge in [-0.3, -0.25) is 9.59 Å². The van der Waals surface area contributed by atoms with Crippen molar-refractivity contribution in [2.45, 2.75) is 25.7 Å². The van der Waals surface area contributed by atoms with Crippen molar-refractivity contribution >= 4 is 45.5 Å². The van der Waals surface area contributed by atoms with Crippen molar-refractivity contribution in [3.05, 3.63) is 70.1 Å². The highest BCUT2D eigenvalue weighted by Gasteiger charge is 2.27. The number of methoxy groups -OCH3 is 1. The van der Waals surface area contributed by atoms with Crippen molar-refractivity contribution in [3.63, 3.8) is 0 Å². The van der Waals surface area contributed by atoms with Gasteiger partial charge in [-0.1, -0.05) is 6.07 Å². The summed E-state index contributed by atoms with van der Waals surface area (Å²) in [6, 6.07) is 13.4. The minimum Gasteiger partial charge on any atom is -0.484 e. The zero-order valence-electron chi connectivity index (χ0n) is 18.7. The standard InChI is InChI=1S/C25H25N3O5S/c1-32-25(31)22-19-7-2-3-8-20(19)34-24(22)28-21(29)14-33-18-6-4-5-17(13-18)27-23(30)15-9-11-16(26)12-10-15/h4-6,9-13H,2-3,7-8,14,26H2,1H3,(H,27,30)(H,28,29). The smallest absolute Gasteiger partial charge is 0.341 e. The zero-order valence-corrected chi connectivity index (χ0v) is 19.5. The van der Waals surface area contributed by atoms with Crippen LogP contribution >= 0.6 is 11.3 Å². The number of nitrogens with two attached hydrogens (primary N) is 1. The molecule has 0 unspecified atom stereocenters. The van der Waals surface area contributed by atoms with E-state index in [-0.39, 0.29) is 18.4 Å². The van der Waals surface area contributed by atoms with Gasteiger partial charge in [-0.25, -0.2) is 4.79 Å². The van der Waals surface area contributed by atoms with Crippen LogP contribution in [0.2, 0.25) is 0 Å². The molecule has 1 aliphatic carbocycles. The maximum atomic E-state index is 12.6. The van der Waals surface area contributed by atoms with Crippen molar-refractivity contribution in [1.29, 1.82) is 0 Å². The molecule has 4 rings (SSSR count). The summed E-state index contributed by atoms with van der Waals surface area (Å²) in [5, 5.41) is 6.09. The third kappa shape index (κ3) is 5.37. The number of carbonyl (C=O) groups excluding carboxylic acids is 3. The Morgan fingerprint density at radius 1 is 1.03 bits per heavy atom. The van der Waals surface area contributed by atoms with Gasteiger partial charge in [0.25, 0.3) is 11.8 Å². The summed E-state index contributed by atoms with van der Waals surface area (Å²) in [5.74, 6) is -0.698. The number of aryl methyl sites for hydroxylation is 1. The first-order valence-electron chi connectivity index (χ1n) is 10.9. The molecule has 1 aromatic heterocycles. The summed E-state index contributed by atoms with van der Waals surface area (Å²) < 4.78 is 10.6. The maximum absolute atomic E-state index is 12.6. The molecule has 0 bridgehead atoms. The first-order chi connectivity index (χ1) is 16.4. The highest BCUT2D eigenvalue weighted by Crippen LogP contribution is 2.38. The fourth-order valence-corrected chi connectivity index (χ4v) is 5.08. The first-order valence-corrected chi connectivity index (χ1v) is 11.7. The lowest BCUT2D eigenvalue weighted by molar-refractivity contribution is -0.118. The average Bonchev–Trinajstić information content (AvgIpc) is 3.20. The van der Waals surface area contributed by atoms with Crippen LogP contribution in [0.1, 0.15) is 44.0 Å². The average molecular weight is 480 g/mol. The lowest BCUT2D eigenvalue weighted by Gasteiger charge is -2.12. The van der Waals surface area contributed by atoms with Gasteiger partial charge in [0.1, 0.15) is 10.8 Å². The second kappa shape index (κ2) is 10.4. The number of amides is 2. The lowest BCUT2D eigenvalue weighted by Crippen LogP contribution is -2.21. The molecule has 2 amide bonds. The van der Waals surface area contributed by atoms with E-state index in [9.17, 15) is 14.4 Å². The molecule has 34 heavy (non-hydrogen) atoms. The van der Waals surface area contributed by atoms with Gasteiger partial charge < -0.3 is 25.8 Å². The molecule has 4 N–H and O–H groups in total. The largest absolute Gasteiger partial charge is 0.484 e. The molecule has 2 aromatic carbocycles. The molecule has 0 spiro atoms. The molecule has 8 nitrogen and oxygen atoms in total. The van der Waals surface area contributed by atoms with Crippen LogP contribution in [0.25, 0.3) is 0 Å². The summed E-state index contributed by atoms with van der Waals surface area (Å²) in [7, 11) is 1.34. The molecule has 0 fully saturated rings. The van der Waals surface area contributed by atoms with E-state index in [1.54, 1.807) is 48.5 Å². The molecule has 0 saturated carbocycles. The number of fused-ring (bicyclic) bond motifs is 1. The number of ether oxygens (including phenoxy) is 2. The number of benzene rings is 2. The molecule has 9 heteroatoms. The summed E-state index contributed by atoms with van der Waals surface area (Å²) >= 11 is 1.42. The SMILES string of the molecule is COC(=O)c1c(NC(=O)COc2cccc(NC(=O)c3ccc(N)cc3)c2)sc2c1CCCC2. The number of anilines is 3. The van der Waals surface area contributed by atoms with E-state index in [2.05, 4.69) is 10.6 Å². The van der Waals surface area contributed by atoms with Crippen LogP contribution in [0.4, 0.5) is 16.4 Å². The van der Waals surface area contributed by atoms with Gasteiger partial charge in [-0.05, 0) is 67.6 Å². The van der Waals surface area contributed by atoms with E-state index >= 15 is 0 Å². The van der Waals surface area contributed by atoms with Crippen LogP contribution in [0.3, 0.4) is 0 Å². The van der Waals surface area contributed by atoms with Crippen molar-refractivity contribution in [2.24, 2.45) is 0 Å². The number of carbonyl (C=O) groups is 3. The van der Waals surface area contributed by atoms with Gasteiger partial charge in [0, 0.05) is 27.9 Å². The normalized spacial score (nSPS) is 12.4. The topological polar surface area (TPSA) is 120 Å². The van der Waals surface area contributed by atoms with Crippen LogP contribution in [0.5, 0.6) is 5.75 Å². The summed E-state index contributed by atoms with van der Waals surface area (Å²) in [4.78, 5) is 38.4. The van der Waals surface area contributed by atoms with Crippen molar-refractivity contribution < 1.29 is 23.9 Å². The fraction of sp³-hybridized carbons (Fsp3) is 0.240. The predicted octanol–water partition coefficient (Wildman–Crippen LogP) is 4.27. The van der Waals surface area contributed by atoms with Gasteiger partial charge in [-0.2, -0.15) is 0 Å². The van der Waals surface area contributed by atoms with Crippen molar-refractivity contribution in [1.82, 2.24) is 0 Å². The molecule has 176 valence electrons. The number of hydrogen-bond donors (Lipinski definition) is 3. The van der Waals surface area contributed by atoms with Gasteiger partial charge in [0.05, 0.1) is 12.7 Å². The molecule has 1 heterocycles. The number of rotatable bonds is 7. The van der Waals surface area contributed by atoms with Crippen molar-refractivity contribution in [2.75, 3.05) is 30.1 Å². The second-order valence-electron chi connectivity index (χ2n) is 7.85. The minimum atomic E-state index is -0.444. The fourth-order valence-electron chi connectivity index (χ4n) is 3.78. The monoisotopic (exact) mass is 479 g/mol. The molecular formula is C25H25N3O5S. The Bertz CT molecular complexity index is 1220. The van der Waals surface area contributed by atoms with Gasteiger partial charge in [0.2, 0.25) is 0 Å². The highest BCUT2D eigenvalue weighted by molar-refractivity contribution is 7.17. The van der Waals surface area contributed by atoms with Crippen LogP contribution in [0, 0.1) is 0 Å². The lowest BCUT2D eigenvalue weighted by atomic mass is 9.95. The second-order valence-corrected chi connectivity index (χ2v) is 8.95. The highest BCUT2D eigenvalue weighted by atomic mass is 32.1. The van der Waals surface area contributed by atoms with Gasteiger partial charge in [-0.15, -0.1) is 11.3 Å². The molecule has 0 atom stereocenters. The zero-order chi connectivity index (χ0) is 24.1. The number of nitrogen functional groups attached to an aromatic ring is 1. The van der Waals surface area contributed by atoms with E-state index in [4.69, 9.17) is 15.2 Å². The Morgan fingerprint density at radius 2 is 1.79 bits per heavy atom. The molecular weight excluding hydrogens is 454 g/mol. The van der Waals surface area contributed by atoms with E-state index in [0.29, 0.717) is 33.3 Å². The van der Waals surface area contributed by atoms with Gasteiger partial charge in [0.15, 0.2) is 6.61 Å². The number of nitrogens with one attached hydrogen (secondary N) is 2. The van der Waals surface area contributed by atoms with E-state index in [1.165, 1.54) is 18.4 Å². The Hall–Kier alpha value is -3.85. The summed E-state index contributed by atoms with van der Waals surface area (Å²) in [5.41, 5.74) is 8.66. The van der Waals surface area contributed by atoms with Gasteiger partial charge >= 0.3 is 5.97 Å². The van der Waals surface area contributed by atoms with Crippen molar-refractivity contribution in [3.8, 4) is 5.75 Å². The first kappa shape index (κ1) is 23.3. The summed E-state index contributed by atoms with van der Waals surface area (Å²) in [6.45, 7) is -0.251. The minimum absolute atomic E-state index is 0.251. The molecule has 3 aromatic rings. The molecule has 0 radical (unpaired) electrons. The summed E-state index contributed by atoms with van der Waals surface area (Å²) in [6.07, 6.45) is 3.77. The Balaban J connectivity index is 1.38. The third-order valence-corrected chi connectivity index (χ3v) is 6.66. The van der Waals surface area contributed by atoms with E-state index in [1.807, 2.05) is 0 Å². The van der Waals surface area contributed by atoms with Crippen LogP contribution < -0.4 is 21.1 Å². The molecule has 0 saturated heterocycles. The molecule has 0 aliphatic heterocycles. The Kier molecular flexibility index (Phi) is 7.12.